The maximum absolute atomic E-state index is 12.5. The summed E-state index contributed by atoms with van der Waals surface area (Å²) < 4.78 is 41.3. The van der Waals surface area contributed by atoms with Crippen LogP contribution >= 0.6 is 22.9 Å². The first-order chi connectivity index (χ1) is 19.5. The molecule has 2 aromatic heterocycles. The van der Waals surface area contributed by atoms with Gasteiger partial charge >= 0.3 is 6.36 Å². The molecule has 0 spiro atoms. The number of anilines is 1. The quantitative estimate of drug-likeness (QED) is 0.164. The van der Waals surface area contributed by atoms with Gasteiger partial charge < -0.3 is 26.8 Å². The molecule has 0 aliphatic rings. The average Bonchev–Trinajstić information content (AvgIpc) is 3.34. The van der Waals surface area contributed by atoms with Crippen molar-refractivity contribution in [1.29, 1.82) is 0 Å². The number of hydrogen-bond donors (Lipinski definition) is 4. The lowest BCUT2D eigenvalue weighted by atomic mass is 10.1. The molecule has 15 heteroatoms. The number of hydrogen-bond acceptors (Lipinski definition) is 9. The summed E-state index contributed by atoms with van der Waals surface area (Å²) in [6.45, 7) is 0. The molecule has 0 saturated heterocycles. The molecule has 41 heavy (non-hydrogen) atoms. The summed E-state index contributed by atoms with van der Waals surface area (Å²) in [4.78, 5) is 28.5. The lowest BCUT2D eigenvalue weighted by molar-refractivity contribution is -0.274. The van der Waals surface area contributed by atoms with Gasteiger partial charge in [0.2, 0.25) is 16.9 Å². The van der Waals surface area contributed by atoms with Gasteiger partial charge in [0.1, 0.15) is 16.6 Å². The van der Waals surface area contributed by atoms with Gasteiger partial charge in [0.15, 0.2) is 0 Å². The molecule has 2 amide bonds. The Hall–Kier alpha value is -4.17. The first-order valence-electron chi connectivity index (χ1n) is 12.2. The minimum Gasteiger partial charge on any atom is -0.404 e. The number of halogens is 4. The minimum atomic E-state index is -4.91. The third kappa shape index (κ3) is 11.8. The van der Waals surface area contributed by atoms with Gasteiger partial charge in [0.05, 0.1) is 17.9 Å². The number of carbonyl (C=O) groups excluding carboxylic acids is 2. The summed E-state index contributed by atoms with van der Waals surface area (Å²) in [5.41, 5.74) is 13.3. The molecule has 0 atom stereocenters. The molecule has 0 aliphatic carbocycles. The molecule has 1 aromatic carbocycles. The van der Waals surface area contributed by atoms with Crippen LogP contribution in [0.1, 0.15) is 35.5 Å². The second kappa shape index (κ2) is 15.0. The number of nitrogens with one attached hydrogen (secondary N) is 2. The zero-order valence-corrected chi connectivity index (χ0v) is 23.2. The SMILES string of the molecule is N/C(=C\C=C(/N)NC(=O)Cc1ccc(Cl)c(OC(F)(F)F)c1)CCCCc1nnc(NC(=O)Cc2ccccn2)s1. The van der Waals surface area contributed by atoms with Crippen molar-refractivity contribution in [2.24, 2.45) is 11.5 Å². The Labute approximate surface area is 242 Å². The van der Waals surface area contributed by atoms with Gasteiger partial charge in [0.25, 0.3) is 0 Å². The number of aromatic nitrogens is 3. The first-order valence-corrected chi connectivity index (χ1v) is 13.4. The summed E-state index contributed by atoms with van der Waals surface area (Å²) >= 11 is 7.02. The van der Waals surface area contributed by atoms with Gasteiger partial charge in [-0.15, -0.1) is 23.4 Å². The Morgan fingerprint density at radius 3 is 2.59 bits per heavy atom. The van der Waals surface area contributed by atoms with Crippen molar-refractivity contribution in [2.45, 2.75) is 44.9 Å². The predicted molar refractivity (Wildman–Crippen MR) is 149 cm³/mol. The Morgan fingerprint density at radius 1 is 1.05 bits per heavy atom. The number of amides is 2. The highest BCUT2D eigenvalue weighted by Gasteiger charge is 2.32. The normalized spacial score (nSPS) is 12.2. The maximum Gasteiger partial charge on any atom is 0.573 e. The van der Waals surface area contributed by atoms with E-state index in [-0.39, 0.29) is 35.2 Å². The second-order valence-electron chi connectivity index (χ2n) is 8.66. The molecule has 0 saturated carbocycles. The summed E-state index contributed by atoms with van der Waals surface area (Å²) in [6.07, 6.45) is 2.36. The zero-order chi connectivity index (χ0) is 29.8. The number of allylic oxidation sites excluding steroid dienone is 3. The van der Waals surface area contributed by atoms with Crippen molar-refractivity contribution in [3.8, 4) is 5.75 Å². The molecular weight excluding hydrogens is 583 g/mol. The van der Waals surface area contributed by atoms with E-state index in [1.807, 2.05) is 6.07 Å². The Bertz CT molecular complexity index is 1400. The molecule has 0 bridgehead atoms. The molecular formula is C26H27ClF3N7O3S. The number of ether oxygens (including phenoxy) is 1. The number of unbranched alkanes of at least 4 members (excludes halogenated alkanes) is 1. The number of nitrogens with zero attached hydrogens (tertiary/aromatic N) is 3. The number of rotatable bonds is 13. The van der Waals surface area contributed by atoms with E-state index in [4.69, 9.17) is 23.1 Å². The number of pyridine rings is 1. The molecule has 10 nitrogen and oxygen atoms in total. The monoisotopic (exact) mass is 609 g/mol. The second-order valence-corrected chi connectivity index (χ2v) is 10.1. The first kappa shape index (κ1) is 31.4. The van der Waals surface area contributed by atoms with Crippen LogP contribution in [-0.2, 0) is 28.9 Å². The summed E-state index contributed by atoms with van der Waals surface area (Å²) in [5.74, 6) is -1.35. The molecule has 6 N–H and O–H groups in total. The van der Waals surface area contributed by atoms with Crippen molar-refractivity contribution in [3.05, 3.63) is 87.6 Å². The van der Waals surface area contributed by atoms with Crippen LogP contribution in [0.5, 0.6) is 5.75 Å². The fourth-order valence-corrected chi connectivity index (χ4v) is 4.37. The van der Waals surface area contributed by atoms with E-state index in [0.29, 0.717) is 29.4 Å². The maximum atomic E-state index is 12.5. The standard InChI is InChI=1S/C26H27ClF3N7O3S/c27-19-10-8-16(13-20(19)40-26(28,29)30)14-22(38)34-21(32)11-9-17(31)5-1-2-7-24-36-37-25(41-24)35-23(39)15-18-6-3-4-12-33-18/h3-4,6,8-13H,1-2,5,7,14-15,31-32H2,(H,34,38)(H,35,37,39)/b17-9-,21-11+. The van der Waals surface area contributed by atoms with Gasteiger partial charge in [-0.2, -0.15) is 0 Å². The minimum absolute atomic E-state index is 0.0187. The van der Waals surface area contributed by atoms with Crippen LogP contribution in [0.2, 0.25) is 5.02 Å². The van der Waals surface area contributed by atoms with Gasteiger partial charge in [0, 0.05) is 24.0 Å². The van der Waals surface area contributed by atoms with E-state index < -0.39 is 18.0 Å². The van der Waals surface area contributed by atoms with Crippen molar-refractivity contribution in [2.75, 3.05) is 5.32 Å². The number of aryl methyl sites for hydroxylation is 1. The van der Waals surface area contributed by atoms with Crippen LogP contribution in [0.4, 0.5) is 18.3 Å². The Balaban J connectivity index is 1.37. The lowest BCUT2D eigenvalue weighted by Gasteiger charge is -2.12. The molecule has 3 rings (SSSR count). The van der Waals surface area contributed by atoms with E-state index in [1.54, 1.807) is 24.4 Å². The number of carbonyl (C=O) groups is 2. The fourth-order valence-electron chi connectivity index (χ4n) is 3.41. The molecule has 2 heterocycles. The van der Waals surface area contributed by atoms with Gasteiger partial charge in [-0.05, 0) is 61.2 Å². The number of benzene rings is 1. The van der Waals surface area contributed by atoms with Crippen LogP contribution in [-0.4, -0.2) is 33.4 Å². The topological polar surface area (TPSA) is 158 Å². The van der Waals surface area contributed by atoms with Crippen LogP contribution in [0.15, 0.2) is 66.3 Å². The van der Waals surface area contributed by atoms with Crippen LogP contribution in [0.3, 0.4) is 0 Å². The summed E-state index contributed by atoms with van der Waals surface area (Å²) in [6, 6.07) is 9.02. The Kier molecular flexibility index (Phi) is 11.5. The summed E-state index contributed by atoms with van der Waals surface area (Å²) in [7, 11) is 0. The van der Waals surface area contributed by atoms with Crippen molar-refractivity contribution >= 4 is 39.9 Å². The van der Waals surface area contributed by atoms with Crippen molar-refractivity contribution < 1.29 is 27.5 Å². The van der Waals surface area contributed by atoms with Gasteiger partial charge in [-0.1, -0.05) is 35.1 Å². The molecule has 3 aromatic rings. The molecule has 218 valence electrons. The Morgan fingerprint density at radius 2 is 1.85 bits per heavy atom. The van der Waals surface area contributed by atoms with Gasteiger partial charge in [-0.3, -0.25) is 14.6 Å². The van der Waals surface area contributed by atoms with E-state index in [1.165, 1.54) is 29.5 Å². The zero-order valence-electron chi connectivity index (χ0n) is 21.6. The highest BCUT2D eigenvalue weighted by atomic mass is 35.5. The lowest BCUT2D eigenvalue weighted by Crippen LogP contribution is -2.28. The van der Waals surface area contributed by atoms with E-state index in [0.717, 1.165) is 23.9 Å². The van der Waals surface area contributed by atoms with Crippen LogP contribution < -0.4 is 26.8 Å². The molecule has 0 fully saturated rings. The van der Waals surface area contributed by atoms with Crippen molar-refractivity contribution in [1.82, 2.24) is 20.5 Å². The van der Waals surface area contributed by atoms with Crippen LogP contribution in [0.25, 0.3) is 0 Å². The third-order valence-electron chi connectivity index (χ3n) is 5.23. The summed E-state index contributed by atoms with van der Waals surface area (Å²) in [5, 5.41) is 14.2. The van der Waals surface area contributed by atoms with E-state index >= 15 is 0 Å². The molecule has 0 unspecified atom stereocenters. The smallest absolute Gasteiger partial charge is 0.404 e. The van der Waals surface area contributed by atoms with Crippen LogP contribution in [0, 0.1) is 0 Å². The predicted octanol–water partition coefficient (Wildman–Crippen LogP) is 4.38. The molecule has 0 aliphatic heterocycles. The number of alkyl halides is 3. The highest BCUT2D eigenvalue weighted by Crippen LogP contribution is 2.31. The largest absolute Gasteiger partial charge is 0.573 e. The fraction of sp³-hybridized carbons (Fsp3) is 0.269. The van der Waals surface area contributed by atoms with E-state index in [2.05, 4.69) is 30.6 Å². The number of nitrogens with two attached hydrogens (primary N) is 2. The van der Waals surface area contributed by atoms with Gasteiger partial charge in [-0.25, -0.2) is 0 Å². The third-order valence-corrected chi connectivity index (χ3v) is 6.44. The average molecular weight is 610 g/mol. The van der Waals surface area contributed by atoms with Crippen molar-refractivity contribution in [3.63, 3.8) is 0 Å². The van der Waals surface area contributed by atoms with E-state index in [9.17, 15) is 22.8 Å². The molecule has 0 radical (unpaired) electrons. The highest BCUT2D eigenvalue weighted by molar-refractivity contribution is 7.15.